The zero-order valence-electron chi connectivity index (χ0n) is 15.5. The molecule has 1 N–H and O–H groups in total. The van der Waals surface area contributed by atoms with E-state index in [0.717, 1.165) is 31.6 Å². The lowest BCUT2D eigenvalue weighted by atomic mass is 10.0. The lowest BCUT2D eigenvalue weighted by molar-refractivity contribution is 0.141. The van der Waals surface area contributed by atoms with Gasteiger partial charge in [0.1, 0.15) is 6.07 Å². The lowest BCUT2D eigenvalue weighted by Gasteiger charge is -2.40. The molecular formula is C20H27N7. The first-order valence-electron chi connectivity index (χ1n) is 9.79. The molecule has 0 radical (unpaired) electrons. The van der Waals surface area contributed by atoms with E-state index < -0.39 is 0 Å². The molecule has 27 heavy (non-hydrogen) atoms. The number of rotatable bonds is 4. The first-order chi connectivity index (χ1) is 13.3. The molecule has 1 aromatic carbocycles. The van der Waals surface area contributed by atoms with Crippen molar-refractivity contribution in [3.8, 4) is 6.07 Å². The molecule has 2 saturated heterocycles. The van der Waals surface area contributed by atoms with Gasteiger partial charge in [-0.2, -0.15) is 20.2 Å². The highest BCUT2D eigenvalue weighted by molar-refractivity contribution is 5.54. The molecule has 7 heteroatoms. The molecule has 0 bridgehead atoms. The quantitative estimate of drug-likeness (QED) is 0.891. The smallest absolute Gasteiger partial charge is 0.238 e. The van der Waals surface area contributed by atoms with Gasteiger partial charge in [0, 0.05) is 26.2 Å². The zero-order chi connectivity index (χ0) is 18.5. The Balaban J connectivity index is 0.00000225. The minimum Gasteiger partial charge on any atom is -0.341 e. The van der Waals surface area contributed by atoms with Crippen LogP contribution >= 0.6 is 0 Å². The Labute approximate surface area is 161 Å². The highest BCUT2D eigenvalue weighted by Crippen LogP contribution is 2.24. The van der Waals surface area contributed by atoms with Crippen molar-refractivity contribution >= 4 is 17.6 Å². The molecular weight excluding hydrogens is 338 g/mol. The van der Waals surface area contributed by atoms with Crippen LogP contribution in [0.2, 0.25) is 0 Å². The van der Waals surface area contributed by atoms with Gasteiger partial charge in [-0.05, 0) is 50.9 Å². The fourth-order valence-corrected chi connectivity index (χ4v) is 3.98. The summed E-state index contributed by atoms with van der Waals surface area (Å²) in [6.45, 7) is 4.31. The van der Waals surface area contributed by atoms with Crippen LogP contribution in [-0.4, -0.2) is 52.1 Å². The molecule has 3 heterocycles. The number of hydrogen-bond donors (Lipinski definition) is 1. The van der Waals surface area contributed by atoms with Gasteiger partial charge in [-0.15, -0.1) is 0 Å². The van der Waals surface area contributed by atoms with Gasteiger partial charge in [0.05, 0.1) is 0 Å². The third-order valence-corrected chi connectivity index (χ3v) is 5.41. The standard InChI is InChI=1S/C20H25N7.H2/c21-15-18-23-19(22-16-7-3-1-4-8-16)25-20(24-18)27-13-9-17(10-14-27)26-11-5-2-6-12-26;/h1,3-4,7-8,17H,2,5-6,9-14H2,(H,22,23,24,25);1H. The second kappa shape index (κ2) is 8.31. The van der Waals surface area contributed by atoms with E-state index >= 15 is 0 Å². The number of anilines is 3. The van der Waals surface area contributed by atoms with E-state index in [1.54, 1.807) is 0 Å². The van der Waals surface area contributed by atoms with Crippen LogP contribution in [0, 0.1) is 11.3 Å². The third kappa shape index (κ3) is 4.34. The van der Waals surface area contributed by atoms with Crippen LogP contribution in [0.5, 0.6) is 0 Å². The maximum absolute atomic E-state index is 9.31. The number of para-hydroxylation sites is 1. The number of likely N-dealkylation sites (tertiary alicyclic amines) is 1. The molecule has 0 atom stereocenters. The van der Waals surface area contributed by atoms with Crippen molar-refractivity contribution in [2.75, 3.05) is 36.4 Å². The predicted octanol–water partition coefficient (Wildman–Crippen LogP) is 3.19. The predicted molar refractivity (Wildman–Crippen MR) is 107 cm³/mol. The maximum atomic E-state index is 9.31. The van der Waals surface area contributed by atoms with Crippen molar-refractivity contribution in [3.05, 3.63) is 36.2 Å². The fraction of sp³-hybridized carbons (Fsp3) is 0.500. The van der Waals surface area contributed by atoms with Crippen LogP contribution in [0.1, 0.15) is 39.4 Å². The Kier molecular flexibility index (Phi) is 5.45. The van der Waals surface area contributed by atoms with Gasteiger partial charge in [-0.3, -0.25) is 0 Å². The van der Waals surface area contributed by atoms with Gasteiger partial charge in [0.2, 0.25) is 17.7 Å². The van der Waals surface area contributed by atoms with Crippen molar-refractivity contribution in [2.24, 2.45) is 0 Å². The summed E-state index contributed by atoms with van der Waals surface area (Å²) in [5.41, 5.74) is 0.891. The highest BCUT2D eigenvalue weighted by atomic mass is 15.3. The van der Waals surface area contributed by atoms with Crippen LogP contribution in [0.4, 0.5) is 17.6 Å². The lowest BCUT2D eigenvalue weighted by Crippen LogP contribution is -2.47. The topological polar surface area (TPSA) is 81.0 Å². The number of nitrogens with zero attached hydrogens (tertiary/aromatic N) is 6. The summed E-state index contributed by atoms with van der Waals surface area (Å²) >= 11 is 0. The van der Waals surface area contributed by atoms with Crippen molar-refractivity contribution in [2.45, 2.75) is 38.1 Å². The highest BCUT2D eigenvalue weighted by Gasteiger charge is 2.27. The van der Waals surface area contributed by atoms with E-state index in [-0.39, 0.29) is 7.25 Å². The van der Waals surface area contributed by atoms with Crippen molar-refractivity contribution in [1.29, 1.82) is 5.26 Å². The molecule has 2 aromatic rings. The molecule has 0 spiro atoms. The Morgan fingerprint density at radius 1 is 0.963 bits per heavy atom. The van der Waals surface area contributed by atoms with Crippen LogP contribution in [0.3, 0.4) is 0 Å². The molecule has 0 amide bonds. The molecule has 7 nitrogen and oxygen atoms in total. The van der Waals surface area contributed by atoms with Gasteiger partial charge < -0.3 is 15.1 Å². The number of hydrogen-bond acceptors (Lipinski definition) is 7. The molecule has 0 saturated carbocycles. The van der Waals surface area contributed by atoms with Gasteiger partial charge in [-0.1, -0.05) is 24.6 Å². The normalized spacial score (nSPS) is 18.9. The van der Waals surface area contributed by atoms with Gasteiger partial charge in [-0.25, -0.2) is 0 Å². The van der Waals surface area contributed by atoms with E-state index in [2.05, 4.69) is 36.1 Å². The summed E-state index contributed by atoms with van der Waals surface area (Å²) in [6, 6.07) is 12.5. The van der Waals surface area contributed by atoms with Gasteiger partial charge in [0.25, 0.3) is 0 Å². The average Bonchev–Trinajstić information content (AvgIpc) is 2.75. The Morgan fingerprint density at radius 2 is 1.70 bits per heavy atom. The molecule has 0 aliphatic carbocycles. The van der Waals surface area contributed by atoms with Crippen molar-refractivity contribution in [1.82, 2.24) is 19.9 Å². The summed E-state index contributed by atoms with van der Waals surface area (Å²) in [5.74, 6) is 1.16. The van der Waals surface area contributed by atoms with Crippen molar-refractivity contribution < 1.29 is 1.43 Å². The molecule has 2 aliphatic rings. The number of nitrogens with one attached hydrogen (secondary N) is 1. The Hall–Kier alpha value is -2.72. The first-order valence-corrected chi connectivity index (χ1v) is 9.79. The summed E-state index contributed by atoms with van der Waals surface area (Å²) < 4.78 is 0. The zero-order valence-corrected chi connectivity index (χ0v) is 15.5. The summed E-state index contributed by atoms with van der Waals surface area (Å²) in [6.07, 6.45) is 6.26. The molecule has 4 rings (SSSR count). The Morgan fingerprint density at radius 3 is 2.41 bits per heavy atom. The average molecular weight is 365 g/mol. The number of aromatic nitrogens is 3. The molecule has 142 valence electrons. The van der Waals surface area contributed by atoms with Crippen LogP contribution in [0.15, 0.2) is 30.3 Å². The summed E-state index contributed by atoms with van der Waals surface area (Å²) in [4.78, 5) is 17.9. The Bertz CT molecular complexity index is 794. The second-order valence-corrected chi connectivity index (χ2v) is 7.20. The minimum atomic E-state index is 0. The molecule has 2 aliphatic heterocycles. The monoisotopic (exact) mass is 365 g/mol. The van der Waals surface area contributed by atoms with E-state index in [4.69, 9.17) is 0 Å². The largest absolute Gasteiger partial charge is 0.341 e. The third-order valence-electron chi connectivity index (χ3n) is 5.41. The number of piperidine rings is 2. The minimum absolute atomic E-state index is 0. The molecule has 1 aromatic heterocycles. The first kappa shape index (κ1) is 17.7. The van der Waals surface area contributed by atoms with Crippen LogP contribution < -0.4 is 10.2 Å². The van der Waals surface area contributed by atoms with E-state index in [0.29, 0.717) is 17.9 Å². The fourth-order valence-electron chi connectivity index (χ4n) is 3.98. The molecule has 0 unspecified atom stereocenters. The van der Waals surface area contributed by atoms with E-state index in [1.165, 1.54) is 32.4 Å². The molecule has 2 fully saturated rings. The summed E-state index contributed by atoms with van der Waals surface area (Å²) in [7, 11) is 0. The van der Waals surface area contributed by atoms with Gasteiger partial charge >= 0.3 is 0 Å². The van der Waals surface area contributed by atoms with Gasteiger partial charge in [0.15, 0.2) is 0 Å². The van der Waals surface area contributed by atoms with Crippen LogP contribution in [0.25, 0.3) is 0 Å². The maximum Gasteiger partial charge on any atom is 0.238 e. The van der Waals surface area contributed by atoms with Crippen molar-refractivity contribution in [3.63, 3.8) is 0 Å². The number of benzene rings is 1. The van der Waals surface area contributed by atoms with E-state index in [1.807, 2.05) is 30.3 Å². The number of nitriles is 1. The summed E-state index contributed by atoms with van der Waals surface area (Å²) in [5, 5.41) is 12.5. The SMILES string of the molecule is N#Cc1nc(Nc2ccccc2)nc(N2CCC(N3CCCCC3)CC2)n1.[HH]. The van der Waals surface area contributed by atoms with E-state index in [9.17, 15) is 5.26 Å². The second-order valence-electron chi connectivity index (χ2n) is 7.20. The van der Waals surface area contributed by atoms with Crippen LogP contribution in [-0.2, 0) is 0 Å².